The summed E-state index contributed by atoms with van der Waals surface area (Å²) < 4.78 is 5.26. The van der Waals surface area contributed by atoms with Gasteiger partial charge in [-0.1, -0.05) is 44.2 Å². The van der Waals surface area contributed by atoms with Crippen molar-refractivity contribution in [3.63, 3.8) is 0 Å². The smallest absolute Gasteiger partial charge is 0.310 e. The predicted octanol–water partition coefficient (Wildman–Crippen LogP) is 1.17. The molecule has 0 saturated carbocycles. The fourth-order valence-corrected chi connectivity index (χ4v) is 1.86. The van der Waals surface area contributed by atoms with E-state index in [1.54, 1.807) is 6.92 Å². The van der Waals surface area contributed by atoms with E-state index in [9.17, 15) is 9.59 Å². The summed E-state index contributed by atoms with van der Waals surface area (Å²) in [5.74, 6) is -0.952. The molecule has 0 fully saturated rings. The lowest BCUT2D eigenvalue weighted by Gasteiger charge is -2.21. The number of hydrogen-bond donors (Lipinski definition) is 1. The van der Waals surface area contributed by atoms with E-state index in [4.69, 9.17) is 10.5 Å². The molecule has 5 heteroatoms. The lowest BCUT2D eigenvalue weighted by atomic mass is 10.1. The zero-order valence-electron chi connectivity index (χ0n) is 12.0. The zero-order chi connectivity index (χ0) is 15.0. The highest BCUT2D eigenvalue weighted by molar-refractivity contribution is 5.76. The van der Waals surface area contributed by atoms with Gasteiger partial charge in [0.15, 0.2) is 0 Å². The van der Waals surface area contributed by atoms with Crippen LogP contribution < -0.4 is 5.73 Å². The largest absolute Gasteiger partial charge is 0.461 e. The Balaban J connectivity index is 2.40. The van der Waals surface area contributed by atoms with Gasteiger partial charge in [-0.15, -0.1) is 0 Å². The Morgan fingerprint density at radius 3 is 2.50 bits per heavy atom. The second-order valence-corrected chi connectivity index (χ2v) is 4.79. The lowest BCUT2D eigenvalue weighted by Crippen LogP contribution is -2.38. The molecule has 0 saturated heterocycles. The van der Waals surface area contributed by atoms with Gasteiger partial charge in [-0.25, -0.2) is 0 Å². The first kappa shape index (κ1) is 16.2. The first-order chi connectivity index (χ1) is 9.52. The van der Waals surface area contributed by atoms with Gasteiger partial charge in [-0.05, 0) is 12.1 Å². The number of esters is 1. The number of rotatable bonds is 8. The summed E-state index contributed by atoms with van der Waals surface area (Å²) >= 11 is 0. The van der Waals surface area contributed by atoms with Crippen LogP contribution in [0.1, 0.15) is 19.4 Å². The molecule has 1 aromatic rings. The van der Waals surface area contributed by atoms with Gasteiger partial charge in [0.1, 0.15) is 6.61 Å². The summed E-state index contributed by atoms with van der Waals surface area (Å²) in [6.07, 6.45) is 0. The summed E-state index contributed by atoms with van der Waals surface area (Å²) in [5.41, 5.74) is 6.11. The van der Waals surface area contributed by atoms with Gasteiger partial charge in [0.25, 0.3) is 0 Å². The van der Waals surface area contributed by atoms with Crippen molar-refractivity contribution >= 4 is 11.9 Å². The van der Waals surface area contributed by atoms with Crippen molar-refractivity contribution in [1.29, 1.82) is 0 Å². The number of amides is 1. The van der Waals surface area contributed by atoms with Crippen molar-refractivity contribution in [3.05, 3.63) is 35.9 Å². The fourth-order valence-electron chi connectivity index (χ4n) is 1.86. The standard InChI is InChI=1S/C15H22N2O3/c1-3-17(10-14(16)18)9-12(2)15(19)20-11-13-7-5-4-6-8-13/h4-8,12H,3,9-11H2,1-2H3,(H2,16,18). The maximum absolute atomic E-state index is 11.9. The van der Waals surface area contributed by atoms with E-state index >= 15 is 0 Å². The van der Waals surface area contributed by atoms with E-state index in [2.05, 4.69) is 0 Å². The molecule has 0 heterocycles. The molecule has 110 valence electrons. The van der Waals surface area contributed by atoms with Gasteiger partial charge in [0.2, 0.25) is 5.91 Å². The van der Waals surface area contributed by atoms with Crippen molar-refractivity contribution in [2.45, 2.75) is 20.5 Å². The van der Waals surface area contributed by atoms with Crippen LogP contribution in [-0.2, 0) is 20.9 Å². The number of nitrogens with zero attached hydrogens (tertiary/aromatic N) is 1. The van der Waals surface area contributed by atoms with Gasteiger partial charge in [-0.3, -0.25) is 14.5 Å². The van der Waals surface area contributed by atoms with Gasteiger partial charge in [-0.2, -0.15) is 0 Å². The van der Waals surface area contributed by atoms with Crippen LogP contribution in [0.5, 0.6) is 0 Å². The Kier molecular flexibility index (Phi) is 6.73. The van der Waals surface area contributed by atoms with Crippen LogP contribution in [0, 0.1) is 5.92 Å². The van der Waals surface area contributed by atoms with E-state index in [-0.39, 0.29) is 25.0 Å². The summed E-state index contributed by atoms with van der Waals surface area (Å²) in [6, 6.07) is 9.53. The zero-order valence-corrected chi connectivity index (χ0v) is 12.0. The average Bonchev–Trinajstić information content (AvgIpc) is 2.44. The normalized spacial score (nSPS) is 12.2. The van der Waals surface area contributed by atoms with Crippen molar-refractivity contribution in [2.75, 3.05) is 19.6 Å². The van der Waals surface area contributed by atoms with E-state index in [0.29, 0.717) is 13.1 Å². The maximum atomic E-state index is 11.9. The monoisotopic (exact) mass is 278 g/mol. The van der Waals surface area contributed by atoms with Gasteiger partial charge < -0.3 is 10.5 Å². The highest BCUT2D eigenvalue weighted by Gasteiger charge is 2.18. The summed E-state index contributed by atoms with van der Waals surface area (Å²) in [4.78, 5) is 24.6. The fraction of sp³-hybridized carbons (Fsp3) is 0.467. The molecule has 1 aromatic carbocycles. The molecule has 0 spiro atoms. The third-order valence-corrected chi connectivity index (χ3v) is 2.99. The van der Waals surface area contributed by atoms with Crippen LogP contribution in [0.25, 0.3) is 0 Å². The number of carbonyl (C=O) groups excluding carboxylic acids is 2. The highest BCUT2D eigenvalue weighted by Crippen LogP contribution is 2.06. The average molecular weight is 278 g/mol. The van der Waals surface area contributed by atoms with Gasteiger partial charge in [0.05, 0.1) is 12.5 Å². The molecule has 20 heavy (non-hydrogen) atoms. The van der Waals surface area contributed by atoms with Gasteiger partial charge in [0, 0.05) is 6.54 Å². The first-order valence-corrected chi connectivity index (χ1v) is 6.74. The van der Waals surface area contributed by atoms with Crippen LogP contribution in [0.2, 0.25) is 0 Å². The second kappa shape index (κ2) is 8.32. The summed E-state index contributed by atoms with van der Waals surface area (Å²) in [6.45, 7) is 5.27. The van der Waals surface area contributed by atoms with E-state index < -0.39 is 5.91 Å². The molecule has 2 N–H and O–H groups in total. The van der Waals surface area contributed by atoms with Crippen LogP contribution in [0.3, 0.4) is 0 Å². The highest BCUT2D eigenvalue weighted by atomic mass is 16.5. The number of hydrogen-bond acceptors (Lipinski definition) is 4. The number of primary amides is 1. The molecular formula is C15H22N2O3. The number of likely N-dealkylation sites (N-methyl/N-ethyl adjacent to an activating group) is 1. The van der Waals surface area contributed by atoms with Crippen LogP contribution in [-0.4, -0.2) is 36.4 Å². The molecule has 0 bridgehead atoms. The molecule has 1 atom stereocenters. The van der Waals surface area contributed by atoms with Crippen molar-refractivity contribution < 1.29 is 14.3 Å². The SMILES string of the molecule is CCN(CC(N)=O)CC(C)C(=O)OCc1ccccc1. The topological polar surface area (TPSA) is 72.6 Å². The molecule has 0 aromatic heterocycles. The lowest BCUT2D eigenvalue weighted by molar-refractivity contribution is -0.150. The van der Waals surface area contributed by atoms with E-state index in [1.165, 1.54) is 0 Å². The molecule has 0 aliphatic heterocycles. The number of ether oxygens (including phenoxy) is 1. The molecule has 1 amide bonds. The Morgan fingerprint density at radius 2 is 1.95 bits per heavy atom. The molecule has 0 aliphatic rings. The summed E-state index contributed by atoms with van der Waals surface area (Å²) in [5, 5.41) is 0. The number of carbonyl (C=O) groups is 2. The third kappa shape index (κ3) is 5.84. The molecule has 0 aliphatic carbocycles. The number of nitrogens with two attached hydrogens (primary N) is 1. The first-order valence-electron chi connectivity index (χ1n) is 6.74. The quantitative estimate of drug-likeness (QED) is 0.725. The molecule has 0 radical (unpaired) electrons. The molecule has 1 rings (SSSR count). The molecule has 1 unspecified atom stereocenters. The van der Waals surface area contributed by atoms with Crippen LogP contribution in [0.15, 0.2) is 30.3 Å². The molecule has 5 nitrogen and oxygen atoms in total. The Hall–Kier alpha value is -1.88. The minimum absolute atomic E-state index is 0.160. The Bertz CT molecular complexity index is 434. The maximum Gasteiger partial charge on any atom is 0.310 e. The Labute approximate surface area is 119 Å². The Morgan fingerprint density at radius 1 is 1.30 bits per heavy atom. The van der Waals surface area contributed by atoms with E-state index in [0.717, 1.165) is 5.56 Å². The minimum atomic E-state index is -0.392. The summed E-state index contributed by atoms with van der Waals surface area (Å²) in [7, 11) is 0. The van der Waals surface area contributed by atoms with Gasteiger partial charge >= 0.3 is 5.97 Å². The molecular weight excluding hydrogens is 256 g/mol. The van der Waals surface area contributed by atoms with Crippen molar-refractivity contribution in [3.8, 4) is 0 Å². The van der Waals surface area contributed by atoms with E-state index in [1.807, 2.05) is 42.2 Å². The number of benzene rings is 1. The third-order valence-electron chi connectivity index (χ3n) is 2.99. The van der Waals surface area contributed by atoms with Crippen molar-refractivity contribution in [2.24, 2.45) is 11.7 Å². The predicted molar refractivity (Wildman–Crippen MR) is 76.7 cm³/mol. The van der Waals surface area contributed by atoms with Crippen LogP contribution >= 0.6 is 0 Å². The van der Waals surface area contributed by atoms with Crippen LogP contribution in [0.4, 0.5) is 0 Å². The minimum Gasteiger partial charge on any atom is -0.461 e. The van der Waals surface area contributed by atoms with Crippen molar-refractivity contribution in [1.82, 2.24) is 4.90 Å². The second-order valence-electron chi connectivity index (χ2n) is 4.79.